The second kappa shape index (κ2) is 10.8. The molecule has 0 aliphatic carbocycles. The average Bonchev–Trinajstić information content (AvgIpc) is 2.04. The third-order valence-electron chi connectivity index (χ3n) is 0.634. The molecule has 0 bridgehead atoms. The Morgan fingerprint density at radius 1 is 1.50 bits per heavy atom. The Bertz CT molecular complexity index is 114. The maximum atomic E-state index is 9.88. The van der Waals surface area contributed by atoms with Crippen LogP contribution in [0.3, 0.4) is 0 Å². The molecule has 0 aliphatic rings. The molecule has 0 unspecified atom stereocenters. The summed E-state index contributed by atoms with van der Waals surface area (Å²) in [4.78, 5) is 9.88. The molecule has 0 aliphatic heterocycles. The van der Waals surface area contributed by atoms with Gasteiger partial charge in [-0.2, -0.15) is 0 Å². The molecule has 0 saturated carbocycles. The Morgan fingerprint density at radius 3 is 2.10 bits per heavy atom. The standard InChI is InChI=1S/C6H8O2.C2H6/c1-3-4-6(5-7)8-2;1-2/h3-5H,1H2,2H3;1-2H3/b6-4-;. The van der Waals surface area contributed by atoms with Gasteiger partial charge in [0.15, 0.2) is 12.0 Å². The highest BCUT2D eigenvalue weighted by Gasteiger charge is 1.84. The molecule has 0 N–H and O–H groups in total. The highest BCUT2D eigenvalue weighted by atomic mass is 16.5. The van der Waals surface area contributed by atoms with E-state index in [2.05, 4.69) is 11.3 Å². The van der Waals surface area contributed by atoms with Crippen molar-refractivity contribution >= 4 is 6.29 Å². The minimum Gasteiger partial charge on any atom is -0.493 e. The van der Waals surface area contributed by atoms with Crippen LogP contribution in [0.15, 0.2) is 24.5 Å². The molecule has 58 valence electrons. The van der Waals surface area contributed by atoms with Gasteiger partial charge in [-0.3, -0.25) is 4.79 Å². The van der Waals surface area contributed by atoms with Crippen molar-refractivity contribution in [1.82, 2.24) is 0 Å². The van der Waals surface area contributed by atoms with Crippen LogP contribution in [-0.4, -0.2) is 13.4 Å². The lowest BCUT2D eigenvalue weighted by Gasteiger charge is -1.90. The number of rotatable bonds is 3. The van der Waals surface area contributed by atoms with Crippen molar-refractivity contribution in [3.63, 3.8) is 0 Å². The molecule has 2 nitrogen and oxygen atoms in total. The van der Waals surface area contributed by atoms with E-state index in [9.17, 15) is 4.79 Å². The maximum Gasteiger partial charge on any atom is 0.184 e. The monoisotopic (exact) mass is 142 g/mol. The van der Waals surface area contributed by atoms with E-state index >= 15 is 0 Å². The van der Waals surface area contributed by atoms with Crippen LogP contribution in [-0.2, 0) is 9.53 Å². The molecular weight excluding hydrogens is 128 g/mol. The SMILES string of the molecule is C=C/C=C(/C=O)OC.CC. The van der Waals surface area contributed by atoms with E-state index in [1.807, 2.05) is 13.8 Å². The quantitative estimate of drug-likeness (QED) is 0.260. The molecular formula is C8H14O2. The third-order valence-corrected chi connectivity index (χ3v) is 0.634. The second-order valence-electron chi connectivity index (χ2n) is 1.13. The van der Waals surface area contributed by atoms with Gasteiger partial charge in [-0.15, -0.1) is 0 Å². The molecule has 0 heterocycles. The van der Waals surface area contributed by atoms with Gasteiger partial charge in [-0.1, -0.05) is 26.5 Å². The Hall–Kier alpha value is -1.05. The zero-order chi connectivity index (χ0) is 8.41. The molecule has 0 saturated heterocycles. The van der Waals surface area contributed by atoms with Crippen molar-refractivity contribution in [2.24, 2.45) is 0 Å². The van der Waals surface area contributed by atoms with Crippen LogP contribution in [0.5, 0.6) is 0 Å². The minimum absolute atomic E-state index is 0.292. The molecule has 0 aromatic carbocycles. The lowest BCUT2D eigenvalue weighted by molar-refractivity contribution is -0.107. The van der Waals surface area contributed by atoms with E-state index in [-0.39, 0.29) is 0 Å². The predicted octanol–water partition coefficient (Wildman–Crippen LogP) is 1.93. The van der Waals surface area contributed by atoms with E-state index in [0.29, 0.717) is 12.0 Å². The molecule has 10 heavy (non-hydrogen) atoms. The molecule has 0 aromatic rings. The average molecular weight is 142 g/mol. The summed E-state index contributed by atoms with van der Waals surface area (Å²) in [5, 5.41) is 0. The molecule has 0 atom stereocenters. The first-order chi connectivity index (χ1) is 4.85. The van der Waals surface area contributed by atoms with E-state index in [4.69, 9.17) is 0 Å². The van der Waals surface area contributed by atoms with Crippen LogP contribution < -0.4 is 0 Å². The first-order valence-electron chi connectivity index (χ1n) is 3.17. The Labute approximate surface area is 62.2 Å². The number of carbonyl (C=O) groups excluding carboxylic acids is 1. The van der Waals surface area contributed by atoms with Crippen LogP contribution in [0.2, 0.25) is 0 Å². The first kappa shape index (κ1) is 11.7. The van der Waals surface area contributed by atoms with Crippen LogP contribution in [0, 0.1) is 0 Å². The molecule has 0 rings (SSSR count). The summed E-state index contributed by atoms with van der Waals surface area (Å²) in [5.74, 6) is 0.292. The molecule has 0 radical (unpaired) electrons. The lowest BCUT2D eigenvalue weighted by Crippen LogP contribution is -1.84. The van der Waals surface area contributed by atoms with Crippen molar-refractivity contribution in [3.05, 3.63) is 24.5 Å². The second-order valence-corrected chi connectivity index (χ2v) is 1.13. The zero-order valence-electron chi connectivity index (χ0n) is 6.76. The van der Waals surface area contributed by atoms with Crippen molar-refractivity contribution in [1.29, 1.82) is 0 Å². The smallest absolute Gasteiger partial charge is 0.184 e. The van der Waals surface area contributed by atoms with Gasteiger partial charge in [0.2, 0.25) is 0 Å². The van der Waals surface area contributed by atoms with Crippen LogP contribution >= 0.6 is 0 Å². The van der Waals surface area contributed by atoms with E-state index in [1.54, 1.807) is 0 Å². The number of allylic oxidation sites excluding steroid dienone is 3. The predicted molar refractivity (Wildman–Crippen MR) is 42.7 cm³/mol. The van der Waals surface area contributed by atoms with Gasteiger partial charge in [0, 0.05) is 0 Å². The summed E-state index contributed by atoms with van der Waals surface area (Å²) in [6.07, 6.45) is 3.61. The number of ether oxygens (including phenoxy) is 1. The third kappa shape index (κ3) is 6.95. The van der Waals surface area contributed by atoms with Gasteiger partial charge >= 0.3 is 0 Å². The summed E-state index contributed by atoms with van der Waals surface area (Å²) in [6, 6.07) is 0. The fourth-order valence-electron chi connectivity index (χ4n) is 0.272. The molecule has 0 spiro atoms. The summed E-state index contributed by atoms with van der Waals surface area (Å²) in [6.45, 7) is 7.38. The Kier molecular flexibility index (Phi) is 12.7. The van der Waals surface area contributed by atoms with Gasteiger partial charge in [0.05, 0.1) is 7.11 Å². The molecule has 2 heteroatoms. The van der Waals surface area contributed by atoms with Gasteiger partial charge in [-0.25, -0.2) is 0 Å². The fraction of sp³-hybridized carbons (Fsp3) is 0.375. The van der Waals surface area contributed by atoms with Crippen LogP contribution in [0.25, 0.3) is 0 Å². The van der Waals surface area contributed by atoms with E-state index in [0.717, 1.165) is 0 Å². The number of aldehydes is 1. The lowest BCUT2D eigenvalue weighted by atomic mass is 10.5. The minimum atomic E-state index is 0.292. The normalized spacial score (nSPS) is 8.90. The van der Waals surface area contributed by atoms with Crippen molar-refractivity contribution in [3.8, 4) is 0 Å². The zero-order valence-corrected chi connectivity index (χ0v) is 6.76. The highest BCUT2D eigenvalue weighted by Crippen LogP contribution is 1.87. The molecule has 0 fully saturated rings. The van der Waals surface area contributed by atoms with Crippen molar-refractivity contribution in [2.75, 3.05) is 7.11 Å². The van der Waals surface area contributed by atoms with Crippen molar-refractivity contribution in [2.45, 2.75) is 13.8 Å². The van der Waals surface area contributed by atoms with E-state index in [1.165, 1.54) is 19.3 Å². The number of methoxy groups -OCH3 is 1. The van der Waals surface area contributed by atoms with E-state index < -0.39 is 0 Å². The van der Waals surface area contributed by atoms with Gasteiger partial charge in [0.25, 0.3) is 0 Å². The molecule has 0 amide bonds. The number of hydrogen-bond donors (Lipinski definition) is 0. The first-order valence-corrected chi connectivity index (χ1v) is 3.17. The largest absolute Gasteiger partial charge is 0.493 e. The Morgan fingerprint density at radius 2 is 2.00 bits per heavy atom. The number of hydrogen-bond acceptors (Lipinski definition) is 2. The summed E-state index contributed by atoms with van der Waals surface area (Å²) in [7, 11) is 1.43. The van der Waals surface area contributed by atoms with Crippen LogP contribution in [0.1, 0.15) is 13.8 Å². The fourth-order valence-corrected chi connectivity index (χ4v) is 0.272. The van der Waals surface area contributed by atoms with Crippen LogP contribution in [0.4, 0.5) is 0 Å². The highest BCUT2D eigenvalue weighted by molar-refractivity contribution is 5.70. The molecule has 0 aromatic heterocycles. The number of carbonyl (C=O) groups is 1. The van der Waals surface area contributed by atoms with Crippen molar-refractivity contribution < 1.29 is 9.53 Å². The summed E-state index contributed by atoms with van der Waals surface area (Å²) < 4.78 is 4.56. The summed E-state index contributed by atoms with van der Waals surface area (Å²) in [5.41, 5.74) is 0. The topological polar surface area (TPSA) is 26.3 Å². The maximum absolute atomic E-state index is 9.88. The Balaban J connectivity index is 0. The van der Waals surface area contributed by atoms with Gasteiger partial charge in [0.1, 0.15) is 0 Å². The summed E-state index contributed by atoms with van der Waals surface area (Å²) >= 11 is 0. The van der Waals surface area contributed by atoms with Gasteiger partial charge in [-0.05, 0) is 6.08 Å². The van der Waals surface area contributed by atoms with Gasteiger partial charge < -0.3 is 4.74 Å².